The Hall–Kier alpha value is -0.550. The van der Waals surface area contributed by atoms with Gasteiger partial charge < -0.3 is 5.32 Å². The smallest absolute Gasteiger partial charge is 0.0621 e. The third kappa shape index (κ3) is 7.35. The van der Waals surface area contributed by atoms with Gasteiger partial charge in [0.2, 0.25) is 0 Å². The molecule has 1 unspecified atom stereocenters. The second-order valence-electron chi connectivity index (χ2n) is 2.88. The maximum absolute atomic E-state index is 8.25. The molecule has 11 heavy (non-hydrogen) atoms. The van der Waals surface area contributed by atoms with Gasteiger partial charge in [-0.15, -0.1) is 0 Å². The van der Waals surface area contributed by atoms with Gasteiger partial charge in [0, 0.05) is 12.5 Å². The van der Waals surface area contributed by atoms with E-state index in [1.165, 1.54) is 6.42 Å². The van der Waals surface area contributed by atoms with Crippen LogP contribution in [-0.2, 0) is 0 Å². The minimum atomic E-state index is 0.622. The summed E-state index contributed by atoms with van der Waals surface area (Å²) in [5.41, 5.74) is 0. The van der Waals surface area contributed by atoms with E-state index in [4.69, 9.17) is 5.26 Å². The first kappa shape index (κ1) is 10.4. The molecule has 0 aliphatic carbocycles. The second-order valence-corrected chi connectivity index (χ2v) is 2.88. The Balaban J connectivity index is 2.97. The fourth-order valence-electron chi connectivity index (χ4n) is 0.822. The molecule has 1 N–H and O–H groups in total. The van der Waals surface area contributed by atoms with Crippen molar-refractivity contribution in [3.63, 3.8) is 0 Å². The molecule has 0 amide bonds. The van der Waals surface area contributed by atoms with E-state index < -0.39 is 0 Å². The highest BCUT2D eigenvalue weighted by molar-refractivity contribution is 4.68. The summed E-state index contributed by atoms with van der Waals surface area (Å²) < 4.78 is 0. The normalized spacial score (nSPS) is 12.5. The number of nitrogens with zero attached hydrogens (tertiary/aromatic N) is 1. The van der Waals surface area contributed by atoms with Gasteiger partial charge in [-0.05, 0) is 32.7 Å². The summed E-state index contributed by atoms with van der Waals surface area (Å²) in [6.45, 7) is 5.41. The minimum absolute atomic E-state index is 0.622. The first-order valence-corrected chi connectivity index (χ1v) is 4.41. The zero-order chi connectivity index (χ0) is 8.53. The molecule has 0 saturated heterocycles. The van der Waals surface area contributed by atoms with E-state index in [2.05, 4.69) is 25.2 Å². The molecule has 0 aromatic rings. The van der Waals surface area contributed by atoms with Crippen molar-refractivity contribution >= 4 is 0 Å². The van der Waals surface area contributed by atoms with E-state index in [9.17, 15) is 0 Å². The summed E-state index contributed by atoms with van der Waals surface area (Å²) in [6, 6.07) is 2.76. The lowest BCUT2D eigenvalue weighted by molar-refractivity contribution is 0.518. The zero-order valence-corrected chi connectivity index (χ0v) is 7.56. The van der Waals surface area contributed by atoms with Crippen LogP contribution in [0.1, 0.15) is 39.5 Å². The molecule has 2 nitrogen and oxygen atoms in total. The van der Waals surface area contributed by atoms with Crippen LogP contribution in [0.15, 0.2) is 0 Å². The van der Waals surface area contributed by atoms with E-state index >= 15 is 0 Å². The van der Waals surface area contributed by atoms with Crippen LogP contribution in [0.3, 0.4) is 0 Å². The third-order valence-electron chi connectivity index (χ3n) is 1.82. The fraction of sp³-hybridized carbons (Fsp3) is 0.889. The van der Waals surface area contributed by atoms with Gasteiger partial charge >= 0.3 is 0 Å². The molecule has 0 aromatic heterocycles. The lowest BCUT2D eigenvalue weighted by Gasteiger charge is -2.09. The van der Waals surface area contributed by atoms with Crippen molar-refractivity contribution in [2.75, 3.05) is 6.54 Å². The molecule has 0 aromatic carbocycles. The molecule has 0 saturated carbocycles. The Morgan fingerprint density at radius 2 is 2.18 bits per heavy atom. The van der Waals surface area contributed by atoms with Crippen LogP contribution in [0.25, 0.3) is 0 Å². The Labute approximate surface area is 69.6 Å². The predicted octanol–water partition coefficient (Wildman–Crippen LogP) is 2.07. The van der Waals surface area contributed by atoms with Gasteiger partial charge in [-0.2, -0.15) is 5.26 Å². The highest BCUT2D eigenvalue weighted by Gasteiger charge is 1.94. The fourth-order valence-corrected chi connectivity index (χ4v) is 0.822. The van der Waals surface area contributed by atoms with Gasteiger partial charge in [-0.3, -0.25) is 0 Å². The molecule has 0 aliphatic rings. The third-order valence-corrected chi connectivity index (χ3v) is 1.82. The quantitative estimate of drug-likeness (QED) is 0.594. The largest absolute Gasteiger partial charge is 0.314 e. The summed E-state index contributed by atoms with van der Waals surface area (Å²) in [6.07, 6.45) is 4.03. The lowest BCUT2D eigenvalue weighted by atomic mass is 10.2. The van der Waals surface area contributed by atoms with E-state index in [0.29, 0.717) is 12.5 Å². The first-order valence-electron chi connectivity index (χ1n) is 4.41. The maximum atomic E-state index is 8.25. The van der Waals surface area contributed by atoms with Crippen LogP contribution in [-0.4, -0.2) is 12.6 Å². The van der Waals surface area contributed by atoms with Crippen LogP contribution < -0.4 is 5.32 Å². The molecule has 0 fully saturated rings. The van der Waals surface area contributed by atoms with Gasteiger partial charge in [0.05, 0.1) is 6.07 Å². The van der Waals surface area contributed by atoms with Gasteiger partial charge in [-0.25, -0.2) is 0 Å². The van der Waals surface area contributed by atoms with Crippen molar-refractivity contribution in [1.82, 2.24) is 5.32 Å². The van der Waals surface area contributed by atoms with E-state index in [-0.39, 0.29) is 0 Å². The van der Waals surface area contributed by atoms with Crippen LogP contribution in [0, 0.1) is 11.3 Å². The van der Waals surface area contributed by atoms with Gasteiger partial charge in [0.1, 0.15) is 0 Å². The summed E-state index contributed by atoms with van der Waals surface area (Å²) in [5.74, 6) is 0. The van der Waals surface area contributed by atoms with Crippen molar-refractivity contribution in [3.8, 4) is 6.07 Å². The molecule has 0 aliphatic heterocycles. The number of rotatable bonds is 6. The number of hydrogen-bond acceptors (Lipinski definition) is 2. The average Bonchev–Trinajstić information content (AvgIpc) is 2.04. The molecular weight excluding hydrogens is 136 g/mol. The summed E-state index contributed by atoms with van der Waals surface area (Å²) in [4.78, 5) is 0. The van der Waals surface area contributed by atoms with Gasteiger partial charge in [-0.1, -0.05) is 6.92 Å². The van der Waals surface area contributed by atoms with Crippen molar-refractivity contribution < 1.29 is 0 Å². The van der Waals surface area contributed by atoms with E-state index in [1.807, 2.05) is 0 Å². The van der Waals surface area contributed by atoms with Crippen molar-refractivity contribution in [3.05, 3.63) is 0 Å². The summed E-state index contributed by atoms with van der Waals surface area (Å²) in [7, 11) is 0. The number of nitriles is 1. The van der Waals surface area contributed by atoms with Gasteiger partial charge in [0.15, 0.2) is 0 Å². The Bertz CT molecular complexity index is 115. The van der Waals surface area contributed by atoms with Crippen LogP contribution in [0.5, 0.6) is 0 Å². The van der Waals surface area contributed by atoms with E-state index in [1.54, 1.807) is 0 Å². The highest BCUT2D eigenvalue weighted by Crippen LogP contribution is 1.93. The van der Waals surface area contributed by atoms with Gasteiger partial charge in [0.25, 0.3) is 0 Å². The van der Waals surface area contributed by atoms with Crippen LogP contribution >= 0.6 is 0 Å². The van der Waals surface area contributed by atoms with Crippen molar-refractivity contribution in [2.24, 2.45) is 0 Å². The Morgan fingerprint density at radius 1 is 1.45 bits per heavy atom. The zero-order valence-electron chi connectivity index (χ0n) is 7.56. The van der Waals surface area contributed by atoms with Crippen molar-refractivity contribution in [2.45, 2.75) is 45.6 Å². The number of nitrogens with one attached hydrogen (secondary N) is 1. The highest BCUT2D eigenvalue weighted by atomic mass is 14.9. The second kappa shape index (κ2) is 7.56. The lowest BCUT2D eigenvalue weighted by Crippen LogP contribution is -2.25. The molecule has 0 bridgehead atoms. The Kier molecular flexibility index (Phi) is 7.18. The van der Waals surface area contributed by atoms with E-state index in [0.717, 1.165) is 19.4 Å². The average molecular weight is 154 g/mol. The molecule has 64 valence electrons. The molecule has 0 spiro atoms. The standard InChI is InChI=1S/C9H18N2/c1-3-9(2)11-8-6-4-5-7-10/h9,11H,3-6,8H2,1-2H3. The monoisotopic (exact) mass is 154 g/mol. The molecule has 0 radical (unpaired) electrons. The van der Waals surface area contributed by atoms with Crippen LogP contribution in [0.2, 0.25) is 0 Å². The maximum Gasteiger partial charge on any atom is 0.0621 e. The molecule has 0 heterocycles. The topological polar surface area (TPSA) is 35.8 Å². The molecular formula is C9H18N2. The first-order chi connectivity index (χ1) is 5.31. The molecule has 2 heteroatoms. The minimum Gasteiger partial charge on any atom is -0.314 e. The number of hydrogen-bond donors (Lipinski definition) is 1. The summed E-state index contributed by atoms with van der Waals surface area (Å²) >= 11 is 0. The summed E-state index contributed by atoms with van der Waals surface area (Å²) in [5, 5.41) is 11.6. The SMILES string of the molecule is CCC(C)NCCCCC#N. The van der Waals surface area contributed by atoms with Crippen molar-refractivity contribution in [1.29, 1.82) is 5.26 Å². The molecule has 1 atom stereocenters. The Morgan fingerprint density at radius 3 is 2.73 bits per heavy atom. The predicted molar refractivity (Wildman–Crippen MR) is 47.2 cm³/mol. The molecule has 0 rings (SSSR count). The van der Waals surface area contributed by atoms with Crippen LogP contribution in [0.4, 0.5) is 0 Å². The number of unbranched alkanes of at least 4 members (excludes halogenated alkanes) is 2.